The number of nitrogen functional groups attached to an aromatic ring is 1. The molecule has 0 atom stereocenters. The van der Waals surface area contributed by atoms with E-state index in [9.17, 15) is 8.78 Å². The van der Waals surface area contributed by atoms with Gasteiger partial charge in [0.25, 0.3) is 0 Å². The number of benzene rings is 2. The van der Waals surface area contributed by atoms with Crippen molar-refractivity contribution in [3.05, 3.63) is 60.4 Å². The molecule has 2 aromatic carbocycles. The molecule has 122 valence electrons. The number of nitrogens with zero attached hydrogens (tertiary/aromatic N) is 2. The van der Waals surface area contributed by atoms with Crippen LogP contribution in [0.4, 0.5) is 14.5 Å². The summed E-state index contributed by atoms with van der Waals surface area (Å²) in [6.07, 6.45) is 1.21. The fourth-order valence-corrected chi connectivity index (χ4v) is 2.19. The third kappa shape index (κ3) is 3.10. The van der Waals surface area contributed by atoms with E-state index >= 15 is 0 Å². The Kier molecular flexibility index (Phi) is 4.24. The van der Waals surface area contributed by atoms with Crippen LogP contribution >= 0.6 is 0 Å². The Hall–Kier alpha value is -3.22. The Morgan fingerprint density at radius 3 is 2.29 bits per heavy atom. The van der Waals surface area contributed by atoms with Crippen molar-refractivity contribution in [3.8, 4) is 28.6 Å². The zero-order chi connectivity index (χ0) is 17.1. The highest BCUT2D eigenvalue weighted by atomic mass is 19.1. The van der Waals surface area contributed by atoms with Crippen molar-refractivity contribution in [1.29, 1.82) is 0 Å². The minimum absolute atomic E-state index is 0.0633. The largest absolute Gasteiger partial charge is 0.493 e. The van der Waals surface area contributed by atoms with Gasteiger partial charge in [0, 0.05) is 11.6 Å². The number of para-hydroxylation sites is 2. The number of methoxy groups -OCH3 is 1. The molecule has 24 heavy (non-hydrogen) atoms. The first-order valence-electron chi connectivity index (χ1n) is 6.96. The van der Waals surface area contributed by atoms with Crippen LogP contribution in [0.1, 0.15) is 0 Å². The van der Waals surface area contributed by atoms with Gasteiger partial charge in [-0.15, -0.1) is 0 Å². The first-order chi connectivity index (χ1) is 11.6. The average molecular weight is 329 g/mol. The van der Waals surface area contributed by atoms with Crippen LogP contribution in [0, 0.1) is 11.6 Å². The molecule has 0 saturated heterocycles. The molecule has 1 aromatic heterocycles. The molecule has 0 bridgehead atoms. The Morgan fingerprint density at radius 1 is 0.958 bits per heavy atom. The van der Waals surface area contributed by atoms with E-state index in [-0.39, 0.29) is 22.8 Å². The van der Waals surface area contributed by atoms with E-state index in [0.29, 0.717) is 11.5 Å². The molecule has 0 spiro atoms. The van der Waals surface area contributed by atoms with Gasteiger partial charge in [0.2, 0.25) is 5.88 Å². The maximum Gasteiger partial charge on any atom is 0.246 e. The SMILES string of the molecule is COc1ccccc1Oc1ncnc(-c2cc(F)cc(F)c2)c1N. The van der Waals surface area contributed by atoms with Gasteiger partial charge in [0.1, 0.15) is 29.3 Å². The van der Waals surface area contributed by atoms with E-state index in [4.69, 9.17) is 15.2 Å². The zero-order valence-electron chi connectivity index (χ0n) is 12.7. The van der Waals surface area contributed by atoms with E-state index in [1.165, 1.54) is 13.4 Å². The van der Waals surface area contributed by atoms with Gasteiger partial charge in [-0.1, -0.05) is 12.1 Å². The van der Waals surface area contributed by atoms with E-state index in [1.807, 2.05) is 0 Å². The molecule has 2 N–H and O–H groups in total. The quantitative estimate of drug-likeness (QED) is 0.788. The highest BCUT2D eigenvalue weighted by molar-refractivity contribution is 5.75. The molecule has 0 aliphatic heterocycles. The summed E-state index contributed by atoms with van der Waals surface area (Å²) < 4.78 is 37.7. The fourth-order valence-electron chi connectivity index (χ4n) is 2.19. The summed E-state index contributed by atoms with van der Waals surface area (Å²) in [7, 11) is 1.51. The van der Waals surface area contributed by atoms with Gasteiger partial charge in [-0.05, 0) is 24.3 Å². The zero-order valence-corrected chi connectivity index (χ0v) is 12.7. The third-order valence-corrected chi connectivity index (χ3v) is 3.26. The summed E-state index contributed by atoms with van der Waals surface area (Å²) in [5, 5.41) is 0. The monoisotopic (exact) mass is 329 g/mol. The minimum atomic E-state index is -0.727. The van der Waals surface area contributed by atoms with Gasteiger partial charge >= 0.3 is 0 Å². The predicted octanol–water partition coefficient (Wildman–Crippen LogP) is 3.80. The molecular weight excluding hydrogens is 316 g/mol. The summed E-state index contributed by atoms with van der Waals surface area (Å²) in [5.41, 5.74) is 6.45. The Morgan fingerprint density at radius 2 is 1.62 bits per heavy atom. The third-order valence-electron chi connectivity index (χ3n) is 3.26. The molecule has 0 fully saturated rings. The lowest BCUT2D eigenvalue weighted by Gasteiger charge is -2.12. The maximum absolute atomic E-state index is 13.4. The normalized spacial score (nSPS) is 10.5. The second kappa shape index (κ2) is 6.49. The predicted molar refractivity (Wildman–Crippen MR) is 84.9 cm³/mol. The highest BCUT2D eigenvalue weighted by Crippen LogP contribution is 2.36. The van der Waals surface area contributed by atoms with Gasteiger partial charge < -0.3 is 15.2 Å². The van der Waals surface area contributed by atoms with Crippen molar-refractivity contribution >= 4 is 5.69 Å². The van der Waals surface area contributed by atoms with Crippen LogP contribution in [0.5, 0.6) is 17.4 Å². The number of rotatable bonds is 4. The number of hydrogen-bond donors (Lipinski definition) is 1. The molecule has 3 rings (SSSR count). The second-order valence-electron chi connectivity index (χ2n) is 4.85. The van der Waals surface area contributed by atoms with E-state index in [2.05, 4.69) is 9.97 Å². The Labute approximate surface area is 136 Å². The molecule has 1 heterocycles. The lowest BCUT2D eigenvalue weighted by Crippen LogP contribution is -2.01. The number of anilines is 1. The van der Waals surface area contributed by atoms with Gasteiger partial charge in [-0.2, -0.15) is 4.98 Å². The van der Waals surface area contributed by atoms with Crippen LogP contribution in [0.25, 0.3) is 11.3 Å². The first kappa shape index (κ1) is 15.7. The summed E-state index contributed by atoms with van der Waals surface area (Å²) in [5.74, 6) is -0.491. The van der Waals surface area contributed by atoms with Crippen LogP contribution in [-0.2, 0) is 0 Å². The lowest BCUT2D eigenvalue weighted by molar-refractivity contribution is 0.374. The lowest BCUT2D eigenvalue weighted by atomic mass is 10.1. The number of aromatic nitrogens is 2. The molecule has 3 aromatic rings. The van der Waals surface area contributed by atoms with Crippen molar-refractivity contribution in [3.63, 3.8) is 0 Å². The Balaban J connectivity index is 2.02. The minimum Gasteiger partial charge on any atom is -0.493 e. The molecule has 0 aliphatic rings. The first-order valence-corrected chi connectivity index (χ1v) is 6.96. The molecule has 0 saturated carbocycles. The summed E-state index contributed by atoms with van der Waals surface area (Å²) in [6.45, 7) is 0. The number of nitrogens with two attached hydrogens (primary N) is 1. The van der Waals surface area contributed by atoms with Crippen LogP contribution in [-0.4, -0.2) is 17.1 Å². The molecule has 5 nitrogen and oxygen atoms in total. The second-order valence-corrected chi connectivity index (χ2v) is 4.85. The van der Waals surface area contributed by atoms with Gasteiger partial charge in [-0.3, -0.25) is 0 Å². The van der Waals surface area contributed by atoms with Gasteiger partial charge in [-0.25, -0.2) is 13.8 Å². The standard InChI is InChI=1S/C17H13F2N3O2/c1-23-13-4-2-3-5-14(13)24-17-15(20)16(21-9-22-17)10-6-11(18)8-12(19)7-10/h2-9H,20H2,1H3. The van der Waals surface area contributed by atoms with Crippen molar-refractivity contribution in [1.82, 2.24) is 9.97 Å². The van der Waals surface area contributed by atoms with Crippen LogP contribution in [0.2, 0.25) is 0 Å². The maximum atomic E-state index is 13.4. The molecule has 7 heteroatoms. The Bertz CT molecular complexity index is 867. The molecule has 0 unspecified atom stereocenters. The van der Waals surface area contributed by atoms with Crippen LogP contribution in [0.3, 0.4) is 0 Å². The smallest absolute Gasteiger partial charge is 0.246 e. The molecule has 0 radical (unpaired) electrons. The summed E-state index contributed by atoms with van der Waals surface area (Å²) in [6, 6.07) is 9.99. The van der Waals surface area contributed by atoms with Gasteiger partial charge in [0.15, 0.2) is 11.5 Å². The topological polar surface area (TPSA) is 70.3 Å². The van der Waals surface area contributed by atoms with Crippen molar-refractivity contribution < 1.29 is 18.3 Å². The van der Waals surface area contributed by atoms with Gasteiger partial charge in [0.05, 0.1) is 7.11 Å². The van der Waals surface area contributed by atoms with Crippen molar-refractivity contribution in [2.45, 2.75) is 0 Å². The average Bonchev–Trinajstić information content (AvgIpc) is 2.56. The van der Waals surface area contributed by atoms with E-state index in [0.717, 1.165) is 18.2 Å². The summed E-state index contributed by atoms with van der Waals surface area (Å²) in [4.78, 5) is 7.97. The molecular formula is C17H13F2N3O2. The highest BCUT2D eigenvalue weighted by Gasteiger charge is 2.15. The number of halogens is 2. The summed E-state index contributed by atoms with van der Waals surface area (Å²) >= 11 is 0. The molecule has 0 aliphatic carbocycles. The molecule has 0 amide bonds. The fraction of sp³-hybridized carbons (Fsp3) is 0.0588. The van der Waals surface area contributed by atoms with E-state index < -0.39 is 11.6 Å². The number of ether oxygens (including phenoxy) is 2. The van der Waals surface area contributed by atoms with E-state index in [1.54, 1.807) is 24.3 Å². The van der Waals surface area contributed by atoms with Crippen molar-refractivity contribution in [2.75, 3.05) is 12.8 Å². The van der Waals surface area contributed by atoms with Crippen molar-refractivity contribution in [2.24, 2.45) is 0 Å². The van der Waals surface area contributed by atoms with Crippen LogP contribution < -0.4 is 15.2 Å². The number of hydrogen-bond acceptors (Lipinski definition) is 5. The van der Waals surface area contributed by atoms with Crippen LogP contribution in [0.15, 0.2) is 48.8 Å².